The molecular formula is C6H13NO3. The molecule has 0 heterocycles. The third-order valence-electron chi connectivity index (χ3n) is 0.924. The van der Waals surface area contributed by atoms with Gasteiger partial charge in [-0.3, -0.25) is 10.1 Å². The summed E-state index contributed by atoms with van der Waals surface area (Å²) in [4.78, 5) is 9.95. The predicted molar refractivity (Wildman–Crippen MR) is 36.7 cm³/mol. The van der Waals surface area contributed by atoms with Gasteiger partial charge in [0, 0.05) is 13.2 Å². The minimum atomic E-state index is -0.788. The van der Waals surface area contributed by atoms with Gasteiger partial charge in [0.15, 0.2) is 0 Å². The summed E-state index contributed by atoms with van der Waals surface area (Å²) in [6, 6.07) is 0. The van der Waals surface area contributed by atoms with Gasteiger partial charge in [-0.25, -0.2) is 0 Å². The molecule has 0 spiro atoms. The zero-order valence-electron chi connectivity index (χ0n) is 6.09. The Hall–Kier alpha value is -0.610. The van der Waals surface area contributed by atoms with Crippen LogP contribution in [0.4, 0.5) is 0 Å². The van der Waals surface area contributed by atoms with Gasteiger partial charge in [-0.05, 0) is 6.92 Å². The zero-order valence-corrected chi connectivity index (χ0v) is 6.09. The van der Waals surface area contributed by atoms with Gasteiger partial charge in [0.05, 0.1) is 13.2 Å². The van der Waals surface area contributed by atoms with E-state index in [4.69, 9.17) is 9.84 Å². The van der Waals surface area contributed by atoms with Crippen LogP contribution < -0.4 is 5.32 Å². The molecule has 0 aliphatic carbocycles. The molecule has 0 aromatic carbocycles. The van der Waals surface area contributed by atoms with Gasteiger partial charge in [-0.15, -0.1) is 0 Å². The normalized spacial score (nSPS) is 9.70. The van der Waals surface area contributed by atoms with Crippen molar-refractivity contribution in [2.75, 3.05) is 19.9 Å². The fourth-order valence-electron chi connectivity index (χ4n) is 0.442. The maximum absolute atomic E-state index is 9.95. The van der Waals surface area contributed by atoms with Crippen LogP contribution in [-0.4, -0.2) is 31.0 Å². The van der Waals surface area contributed by atoms with Crippen LogP contribution >= 0.6 is 0 Å². The van der Waals surface area contributed by atoms with Crippen molar-refractivity contribution in [3.05, 3.63) is 0 Å². The van der Waals surface area contributed by atoms with Crippen LogP contribution in [0, 0.1) is 0 Å². The summed E-state index contributed by atoms with van der Waals surface area (Å²) in [6.07, 6.45) is 0.146. The number of carbonyl (C=O) groups is 1. The standard InChI is InChI=1S/C6H13NO3/c1-2-10-5-7-4-3-6(8)9/h7H,2-5H2,1H3,(H,8,9). The highest BCUT2D eigenvalue weighted by atomic mass is 16.5. The summed E-state index contributed by atoms with van der Waals surface area (Å²) in [5.74, 6) is -0.788. The van der Waals surface area contributed by atoms with Gasteiger partial charge in [-0.2, -0.15) is 0 Å². The Bertz CT molecular complexity index is 95.0. The van der Waals surface area contributed by atoms with E-state index in [2.05, 4.69) is 5.32 Å². The van der Waals surface area contributed by atoms with Gasteiger partial charge in [-0.1, -0.05) is 0 Å². The molecule has 0 aromatic rings. The molecular weight excluding hydrogens is 134 g/mol. The molecule has 0 aliphatic heterocycles. The van der Waals surface area contributed by atoms with Crippen molar-refractivity contribution < 1.29 is 14.6 Å². The second kappa shape index (κ2) is 6.51. The number of nitrogens with one attached hydrogen (secondary N) is 1. The van der Waals surface area contributed by atoms with E-state index in [1.165, 1.54) is 0 Å². The number of carboxylic acid groups (broad SMARTS) is 1. The van der Waals surface area contributed by atoms with Crippen LogP contribution in [0.25, 0.3) is 0 Å². The molecule has 2 N–H and O–H groups in total. The van der Waals surface area contributed by atoms with Gasteiger partial charge in [0.2, 0.25) is 0 Å². The first-order valence-corrected chi connectivity index (χ1v) is 3.27. The van der Waals surface area contributed by atoms with Gasteiger partial charge < -0.3 is 9.84 Å². The Morgan fingerprint density at radius 3 is 2.90 bits per heavy atom. The van der Waals surface area contributed by atoms with E-state index in [-0.39, 0.29) is 6.42 Å². The lowest BCUT2D eigenvalue weighted by Crippen LogP contribution is -2.21. The van der Waals surface area contributed by atoms with Crippen molar-refractivity contribution in [1.29, 1.82) is 0 Å². The molecule has 0 amide bonds. The van der Waals surface area contributed by atoms with E-state index in [9.17, 15) is 4.79 Å². The second-order valence-corrected chi connectivity index (χ2v) is 1.78. The van der Waals surface area contributed by atoms with Crippen LogP contribution in [0.1, 0.15) is 13.3 Å². The molecule has 0 unspecified atom stereocenters. The topological polar surface area (TPSA) is 58.6 Å². The summed E-state index contributed by atoms with van der Waals surface area (Å²) in [7, 11) is 0. The fraction of sp³-hybridized carbons (Fsp3) is 0.833. The number of carboxylic acids is 1. The summed E-state index contributed by atoms with van der Waals surface area (Å²) >= 11 is 0. The van der Waals surface area contributed by atoms with Crippen molar-refractivity contribution in [3.8, 4) is 0 Å². The van der Waals surface area contributed by atoms with Crippen molar-refractivity contribution >= 4 is 5.97 Å². The number of hydrogen-bond donors (Lipinski definition) is 2. The van der Waals surface area contributed by atoms with Crippen LogP contribution in [0.5, 0.6) is 0 Å². The molecule has 0 saturated carbocycles. The Labute approximate surface area is 60.2 Å². The maximum Gasteiger partial charge on any atom is 0.304 e. The first-order valence-electron chi connectivity index (χ1n) is 3.27. The summed E-state index contributed by atoms with van der Waals surface area (Å²) in [5, 5.41) is 11.0. The van der Waals surface area contributed by atoms with Gasteiger partial charge >= 0.3 is 5.97 Å². The molecule has 10 heavy (non-hydrogen) atoms. The van der Waals surface area contributed by atoms with E-state index < -0.39 is 5.97 Å². The first kappa shape index (κ1) is 9.39. The lowest BCUT2D eigenvalue weighted by Gasteiger charge is -2.00. The third kappa shape index (κ3) is 7.39. The van der Waals surface area contributed by atoms with Gasteiger partial charge in [0.1, 0.15) is 0 Å². The van der Waals surface area contributed by atoms with Crippen molar-refractivity contribution in [1.82, 2.24) is 5.32 Å². The van der Waals surface area contributed by atoms with E-state index in [0.29, 0.717) is 19.9 Å². The highest BCUT2D eigenvalue weighted by Crippen LogP contribution is 1.75. The Morgan fingerprint density at radius 2 is 2.40 bits per heavy atom. The Kier molecular flexibility index (Phi) is 6.11. The fourth-order valence-corrected chi connectivity index (χ4v) is 0.442. The summed E-state index contributed by atoms with van der Waals surface area (Å²) < 4.78 is 4.91. The van der Waals surface area contributed by atoms with E-state index in [1.54, 1.807) is 0 Å². The Balaban J connectivity index is 2.84. The average molecular weight is 147 g/mol. The molecule has 0 rings (SSSR count). The third-order valence-corrected chi connectivity index (χ3v) is 0.924. The first-order chi connectivity index (χ1) is 4.77. The van der Waals surface area contributed by atoms with Gasteiger partial charge in [0.25, 0.3) is 0 Å². The number of ether oxygens (including phenoxy) is 1. The van der Waals surface area contributed by atoms with Crippen molar-refractivity contribution in [2.24, 2.45) is 0 Å². The zero-order chi connectivity index (χ0) is 7.82. The summed E-state index contributed by atoms with van der Waals surface area (Å²) in [5.41, 5.74) is 0. The number of hydrogen-bond acceptors (Lipinski definition) is 3. The molecule has 0 saturated heterocycles. The minimum absolute atomic E-state index is 0.146. The van der Waals surface area contributed by atoms with Crippen molar-refractivity contribution in [2.45, 2.75) is 13.3 Å². The summed E-state index contributed by atoms with van der Waals surface area (Å²) in [6.45, 7) is 3.44. The van der Waals surface area contributed by atoms with Crippen LogP contribution in [-0.2, 0) is 9.53 Å². The molecule has 4 nitrogen and oxygen atoms in total. The van der Waals surface area contributed by atoms with Crippen molar-refractivity contribution in [3.63, 3.8) is 0 Å². The number of rotatable bonds is 6. The lowest BCUT2D eigenvalue weighted by atomic mass is 10.4. The minimum Gasteiger partial charge on any atom is -0.481 e. The molecule has 0 atom stereocenters. The monoisotopic (exact) mass is 147 g/mol. The smallest absolute Gasteiger partial charge is 0.304 e. The molecule has 0 bridgehead atoms. The lowest BCUT2D eigenvalue weighted by molar-refractivity contribution is -0.136. The highest BCUT2D eigenvalue weighted by molar-refractivity contribution is 5.66. The molecule has 0 aliphatic rings. The quantitative estimate of drug-likeness (QED) is 0.411. The molecule has 4 heteroatoms. The molecule has 60 valence electrons. The largest absolute Gasteiger partial charge is 0.481 e. The molecule has 0 radical (unpaired) electrons. The van der Waals surface area contributed by atoms with Crippen LogP contribution in [0.3, 0.4) is 0 Å². The molecule has 0 fully saturated rings. The van der Waals surface area contributed by atoms with E-state index in [1.807, 2.05) is 6.92 Å². The highest BCUT2D eigenvalue weighted by Gasteiger charge is 1.93. The SMILES string of the molecule is CCOCNCCC(=O)O. The Morgan fingerprint density at radius 1 is 1.70 bits per heavy atom. The van der Waals surface area contributed by atoms with E-state index >= 15 is 0 Å². The van der Waals surface area contributed by atoms with E-state index in [0.717, 1.165) is 0 Å². The van der Waals surface area contributed by atoms with Crippen LogP contribution in [0.15, 0.2) is 0 Å². The second-order valence-electron chi connectivity index (χ2n) is 1.78. The van der Waals surface area contributed by atoms with Crippen LogP contribution in [0.2, 0.25) is 0 Å². The number of aliphatic carboxylic acids is 1. The molecule has 0 aromatic heterocycles. The predicted octanol–water partition coefficient (Wildman–Crippen LogP) is 0.0447. The maximum atomic E-state index is 9.95. The average Bonchev–Trinajstić information content (AvgIpc) is 1.87.